The highest BCUT2D eigenvalue weighted by molar-refractivity contribution is 9.10. The minimum Gasteiger partial charge on any atom is -0.481 e. The Hall–Kier alpha value is -1.16. The van der Waals surface area contributed by atoms with Gasteiger partial charge in [-0.3, -0.25) is 4.79 Å². The zero-order valence-corrected chi connectivity index (χ0v) is 12.5. The lowest BCUT2D eigenvalue weighted by atomic mass is 9.74. The molecule has 3 nitrogen and oxygen atoms in total. The average Bonchev–Trinajstić information content (AvgIpc) is 2.25. The molecule has 1 atom stereocenters. The first kappa shape index (κ1) is 14.9. The van der Waals surface area contributed by atoms with Crippen LogP contribution in [0.2, 0.25) is 0 Å². The molecule has 0 aromatic heterocycles. The minimum absolute atomic E-state index is 0.651. The third-order valence-electron chi connectivity index (χ3n) is 3.35. The molecule has 0 aliphatic heterocycles. The monoisotopic (exact) mass is 312 g/mol. The van der Waals surface area contributed by atoms with Crippen LogP contribution in [0.4, 0.5) is 0 Å². The number of hydrogen-bond donors (Lipinski definition) is 1. The summed E-state index contributed by atoms with van der Waals surface area (Å²) in [5.74, 6) is -1.62. The molecule has 0 fully saturated rings. The second-order valence-electron chi connectivity index (χ2n) is 5.10. The Kier molecular flexibility index (Phi) is 4.32. The number of carbonyl (C=O) groups is 2. The van der Waals surface area contributed by atoms with Crippen molar-refractivity contribution in [3.63, 3.8) is 0 Å². The van der Waals surface area contributed by atoms with Crippen LogP contribution in [-0.2, 0) is 9.59 Å². The number of benzene rings is 1. The van der Waals surface area contributed by atoms with Crippen molar-refractivity contribution in [2.45, 2.75) is 33.6 Å². The molecule has 1 rings (SSSR count). The molecule has 0 amide bonds. The van der Waals surface area contributed by atoms with Crippen molar-refractivity contribution >= 4 is 28.2 Å². The van der Waals surface area contributed by atoms with E-state index in [0.29, 0.717) is 0 Å². The maximum Gasteiger partial charge on any atom is 0.310 e. The largest absolute Gasteiger partial charge is 0.481 e. The summed E-state index contributed by atoms with van der Waals surface area (Å²) in [6.45, 7) is 6.95. The SMILES string of the molecule is Cc1cc(C(C=O)C(C)(C)C(=O)O)c(C)cc1Br. The van der Waals surface area contributed by atoms with Crippen LogP contribution in [-0.4, -0.2) is 17.4 Å². The van der Waals surface area contributed by atoms with Crippen molar-refractivity contribution < 1.29 is 14.7 Å². The van der Waals surface area contributed by atoms with E-state index in [-0.39, 0.29) is 0 Å². The highest BCUT2D eigenvalue weighted by atomic mass is 79.9. The van der Waals surface area contributed by atoms with Gasteiger partial charge in [-0.15, -0.1) is 0 Å². The Morgan fingerprint density at radius 3 is 2.33 bits per heavy atom. The van der Waals surface area contributed by atoms with Gasteiger partial charge in [-0.2, -0.15) is 0 Å². The molecule has 1 unspecified atom stereocenters. The highest BCUT2D eigenvalue weighted by Crippen LogP contribution is 2.37. The van der Waals surface area contributed by atoms with Crippen LogP contribution in [0.3, 0.4) is 0 Å². The van der Waals surface area contributed by atoms with Crippen LogP contribution in [0.15, 0.2) is 16.6 Å². The molecular weight excluding hydrogens is 296 g/mol. The molecule has 0 aliphatic carbocycles. The van der Waals surface area contributed by atoms with Crippen LogP contribution >= 0.6 is 15.9 Å². The van der Waals surface area contributed by atoms with Gasteiger partial charge in [-0.25, -0.2) is 0 Å². The quantitative estimate of drug-likeness (QED) is 0.866. The zero-order valence-electron chi connectivity index (χ0n) is 11.0. The molecule has 4 heteroatoms. The number of aliphatic carboxylic acids is 1. The van der Waals surface area contributed by atoms with E-state index >= 15 is 0 Å². The lowest BCUT2D eigenvalue weighted by Gasteiger charge is -2.28. The summed E-state index contributed by atoms with van der Waals surface area (Å²) in [7, 11) is 0. The highest BCUT2D eigenvalue weighted by Gasteiger charge is 2.38. The smallest absolute Gasteiger partial charge is 0.310 e. The summed E-state index contributed by atoms with van der Waals surface area (Å²) in [5.41, 5.74) is 1.56. The second kappa shape index (κ2) is 5.22. The minimum atomic E-state index is -1.12. The van der Waals surface area contributed by atoms with Gasteiger partial charge in [-0.1, -0.05) is 22.0 Å². The normalized spacial score (nSPS) is 13.2. The molecule has 0 heterocycles. The van der Waals surface area contributed by atoms with E-state index in [9.17, 15) is 14.7 Å². The zero-order chi connectivity index (χ0) is 14.1. The van der Waals surface area contributed by atoms with Crippen molar-refractivity contribution in [3.8, 4) is 0 Å². The maximum absolute atomic E-state index is 11.3. The summed E-state index contributed by atoms with van der Waals surface area (Å²) in [4.78, 5) is 22.6. The van der Waals surface area contributed by atoms with Gasteiger partial charge in [0, 0.05) is 4.47 Å². The third-order valence-corrected chi connectivity index (χ3v) is 4.20. The molecular formula is C14H17BrO3. The molecule has 0 saturated heterocycles. The molecule has 18 heavy (non-hydrogen) atoms. The number of carbonyl (C=O) groups excluding carboxylic acids is 1. The van der Waals surface area contributed by atoms with E-state index < -0.39 is 17.3 Å². The third kappa shape index (κ3) is 2.64. The van der Waals surface area contributed by atoms with Gasteiger partial charge in [0.15, 0.2) is 0 Å². The summed E-state index contributed by atoms with van der Waals surface area (Å²) in [6, 6.07) is 3.79. The lowest BCUT2D eigenvalue weighted by molar-refractivity contribution is -0.149. The number of carboxylic acids is 1. The average molecular weight is 313 g/mol. The van der Waals surface area contributed by atoms with Gasteiger partial charge < -0.3 is 9.90 Å². The van der Waals surface area contributed by atoms with E-state index in [1.165, 1.54) is 0 Å². The first-order valence-electron chi connectivity index (χ1n) is 5.67. The van der Waals surface area contributed by atoms with E-state index in [2.05, 4.69) is 15.9 Å². The summed E-state index contributed by atoms with van der Waals surface area (Å²) in [5, 5.41) is 9.25. The predicted octanol–water partition coefficient (Wildman–Crippen LogP) is 3.46. The Morgan fingerprint density at radius 1 is 1.33 bits per heavy atom. The first-order valence-corrected chi connectivity index (χ1v) is 6.46. The number of carboxylic acid groups (broad SMARTS) is 1. The lowest BCUT2D eigenvalue weighted by Crippen LogP contribution is -2.32. The van der Waals surface area contributed by atoms with Gasteiger partial charge in [0.25, 0.3) is 0 Å². The van der Waals surface area contributed by atoms with Crippen LogP contribution in [0.1, 0.15) is 36.5 Å². The van der Waals surface area contributed by atoms with E-state index in [4.69, 9.17) is 0 Å². The second-order valence-corrected chi connectivity index (χ2v) is 5.95. The Balaban J connectivity index is 3.39. The topological polar surface area (TPSA) is 54.4 Å². The maximum atomic E-state index is 11.3. The fourth-order valence-corrected chi connectivity index (χ4v) is 2.36. The molecule has 0 spiro atoms. The van der Waals surface area contributed by atoms with Crippen LogP contribution in [0, 0.1) is 19.3 Å². The van der Waals surface area contributed by atoms with E-state index in [1.54, 1.807) is 13.8 Å². The van der Waals surface area contributed by atoms with E-state index in [1.807, 2.05) is 26.0 Å². The first-order chi connectivity index (χ1) is 8.21. The fraction of sp³-hybridized carbons (Fsp3) is 0.429. The number of aldehydes is 1. The number of rotatable bonds is 4. The van der Waals surface area contributed by atoms with Crippen LogP contribution in [0.5, 0.6) is 0 Å². The van der Waals surface area contributed by atoms with Gasteiger partial charge >= 0.3 is 5.97 Å². The van der Waals surface area contributed by atoms with Gasteiger partial charge in [0.1, 0.15) is 6.29 Å². The number of aryl methyl sites for hydroxylation is 2. The molecule has 1 N–H and O–H groups in total. The van der Waals surface area contributed by atoms with Gasteiger partial charge in [0.05, 0.1) is 11.3 Å². The van der Waals surface area contributed by atoms with Gasteiger partial charge in [-0.05, 0) is 50.5 Å². The molecule has 0 radical (unpaired) electrons. The molecule has 1 aromatic rings. The van der Waals surface area contributed by atoms with Crippen molar-refractivity contribution in [1.29, 1.82) is 0 Å². The number of halogens is 1. The fourth-order valence-electron chi connectivity index (χ4n) is 1.90. The number of hydrogen-bond acceptors (Lipinski definition) is 2. The Bertz CT molecular complexity index is 492. The van der Waals surface area contributed by atoms with Gasteiger partial charge in [0.2, 0.25) is 0 Å². The van der Waals surface area contributed by atoms with Crippen molar-refractivity contribution in [3.05, 3.63) is 33.3 Å². The predicted molar refractivity (Wildman–Crippen MR) is 73.8 cm³/mol. The van der Waals surface area contributed by atoms with E-state index in [0.717, 1.165) is 27.4 Å². The molecule has 0 aliphatic rings. The summed E-state index contributed by atoms with van der Waals surface area (Å²) >= 11 is 3.43. The van der Waals surface area contributed by atoms with Crippen molar-refractivity contribution in [2.75, 3.05) is 0 Å². The molecule has 0 bridgehead atoms. The summed E-state index contributed by atoms with van der Waals surface area (Å²) in [6.07, 6.45) is 0.726. The summed E-state index contributed by atoms with van der Waals surface area (Å²) < 4.78 is 0.960. The molecule has 1 aromatic carbocycles. The van der Waals surface area contributed by atoms with Crippen molar-refractivity contribution in [2.24, 2.45) is 5.41 Å². The standard InChI is InChI=1S/C14H17BrO3/c1-8-6-12(15)9(2)5-10(8)11(7-16)14(3,4)13(17)18/h5-7,11H,1-4H3,(H,17,18). The van der Waals surface area contributed by atoms with Crippen LogP contribution < -0.4 is 0 Å². The molecule has 0 saturated carbocycles. The Morgan fingerprint density at radius 2 is 1.89 bits per heavy atom. The van der Waals surface area contributed by atoms with Crippen molar-refractivity contribution in [1.82, 2.24) is 0 Å². The van der Waals surface area contributed by atoms with Crippen LogP contribution in [0.25, 0.3) is 0 Å². The Labute approximate surface area is 115 Å². The molecule has 98 valence electrons.